The Kier molecular flexibility index (Phi) is 6.08. The lowest BCUT2D eigenvalue weighted by molar-refractivity contribution is -0.387. The molecule has 148 valence electrons. The van der Waals surface area contributed by atoms with Crippen LogP contribution < -0.4 is 14.8 Å². The van der Waals surface area contributed by atoms with Gasteiger partial charge in [-0.1, -0.05) is 19.9 Å². The first-order chi connectivity index (χ1) is 13.4. The molecule has 0 aliphatic carbocycles. The molecule has 8 heteroatoms. The third-order valence-corrected chi connectivity index (χ3v) is 5.30. The summed E-state index contributed by atoms with van der Waals surface area (Å²) in [6, 6.07) is 9.87. The number of thioether (sulfide) groups is 1. The monoisotopic (exact) mass is 402 g/mol. The maximum Gasteiger partial charge on any atom is 0.283 e. The molecule has 1 amide bonds. The van der Waals surface area contributed by atoms with Crippen LogP contribution in [0.2, 0.25) is 0 Å². The molecule has 1 heterocycles. The minimum atomic E-state index is -0.469. The minimum absolute atomic E-state index is 0.0689. The van der Waals surface area contributed by atoms with Crippen LogP contribution in [0.25, 0.3) is 0 Å². The molecule has 0 saturated carbocycles. The number of ether oxygens (including phenoxy) is 2. The van der Waals surface area contributed by atoms with Gasteiger partial charge in [-0.2, -0.15) is 0 Å². The molecule has 7 nitrogen and oxygen atoms in total. The molecule has 0 fully saturated rings. The molecule has 0 bridgehead atoms. The molecule has 1 unspecified atom stereocenters. The highest BCUT2D eigenvalue weighted by atomic mass is 32.2. The van der Waals surface area contributed by atoms with E-state index in [4.69, 9.17) is 9.47 Å². The summed E-state index contributed by atoms with van der Waals surface area (Å²) >= 11 is 1.27. The number of hydrogen-bond acceptors (Lipinski definition) is 6. The van der Waals surface area contributed by atoms with Crippen LogP contribution in [0.15, 0.2) is 41.3 Å². The van der Waals surface area contributed by atoms with Crippen LogP contribution in [0.4, 0.5) is 5.69 Å². The quantitative estimate of drug-likeness (QED) is 0.442. The summed E-state index contributed by atoms with van der Waals surface area (Å²) in [5.74, 6) is 1.09. The largest absolute Gasteiger partial charge is 0.486 e. The zero-order chi connectivity index (χ0) is 20.3. The Labute approximate surface area is 167 Å². The minimum Gasteiger partial charge on any atom is -0.486 e. The fraction of sp³-hybridized carbons (Fsp3) is 0.350. The lowest BCUT2D eigenvalue weighted by Crippen LogP contribution is -2.32. The number of carbonyl (C=O) groups is 1. The molecule has 0 spiro atoms. The SMILES string of the molecule is CSc1ccc(C(=O)NC(c2ccc3c(c2)OCCO3)C(C)C)cc1[N+](=O)[O-]. The van der Waals surface area contributed by atoms with Crippen molar-refractivity contribution in [3.05, 3.63) is 57.6 Å². The number of amides is 1. The van der Waals surface area contributed by atoms with Crippen molar-refractivity contribution in [3.8, 4) is 11.5 Å². The predicted molar refractivity (Wildman–Crippen MR) is 107 cm³/mol. The van der Waals surface area contributed by atoms with Crippen molar-refractivity contribution in [3.63, 3.8) is 0 Å². The topological polar surface area (TPSA) is 90.7 Å². The van der Waals surface area contributed by atoms with Gasteiger partial charge in [0.15, 0.2) is 11.5 Å². The van der Waals surface area contributed by atoms with E-state index in [0.29, 0.717) is 29.6 Å². The number of nitrogens with one attached hydrogen (secondary N) is 1. The lowest BCUT2D eigenvalue weighted by atomic mass is 9.95. The Morgan fingerprint density at radius 1 is 1.14 bits per heavy atom. The molecular formula is C20H22N2O5S. The second-order valence-electron chi connectivity index (χ2n) is 6.74. The zero-order valence-electron chi connectivity index (χ0n) is 15.9. The summed E-state index contributed by atoms with van der Waals surface area (Å²) in [4.78, 5) is 24.1. The number of hydrogen-bond donors (Lipinski definition) is 1. The van der Waals surface area contributed by atoms with Crippen LogP contribution in [0, 0.1) is 16.0 Å². The van der Waals surface area contributed by atoms with Crippen molar-refractivity contribution in [2.24, 2.45) is 5.92 Å². The van der Waals surface area contributed by atoms with Gasteiger partial charge >= 0.3 is 0 Å². The van der Waals surface area contributed by atoms with Gasteiger partial charge in [0.1, 0.15) is 13.2 Å². The molecule has 1 aliphatic rings. The van der Waals surface area contributed by atoms with Crippen LogP contribution in [-0.4, -0.2) is 30.3 Å². The number of fused-ring (bicyclic) bond motifs is 1. The van der Waals surface area contributed by atoms with Crippen molar-refractivity contribution >= 4 is 23.4 Å². The second-order valence-corrected chi connectivity index (χ2v) is 7.59. The summed E-state index contributed by atoms with van der Waals surface area (Å²) in [6.07, 6.45) is 1.76. The fourth-order valence-corrected chi connectivity index (χ4v) is 3.63. The van der Waals surface area contributed by atoms with E-state index in [-0.39, 0.29) is 29.1 Å². The average Bonchev–Trinajstić information content (AvgIpc) is 2.70. The molecule has 28 heavy (non-hydrogen) atoms. The highest BCUT2D eigenvalue weighted by Crippen LogP contribution is 2.35. The number of nitro benzene ring substituents is 1. The van der Waals surface area contributed by atoms with Crippen molar-refractivity contribution in [1.82, 2.24) is 5.32 Å². The number of benzene rings is 2. The van der Waals surface area contributed by atoms with E-state index < -0.39 is 4.92 Å². The number of carbonyl (C=O) groups excluding carboxylic acids is 1. The van der Waals surface area contributed by atoms with Crippen LogP contribution >= 0.6 is 11.8 Å². The average molecular weight is 402 g/mol. The van der Waals surface area contributed by atoms with Gasteiger partial charge in [-0.15, -0.1) is 11.8 Å². The summed E-state index contributed by atoms with van der Waals surface area (Å²) in [5, 5.41) is 14.3. The molecule has 0 aromatic heterocycles. The van der Waals surface area contributed by atoms with E-state index in [1.807, 2.05) is 32.0 Å². The van der Waals surface area contributed by atoms with Gasteiger partial charge in [-0.25, -0.2) is 0 Å². The smallest absolute Gasteiger partial charge is 0.283 e. The van der Waals surface area contributed by atoms with Gasteiger partial charge < -0.3 is 14.8 Å². The van der Waals surface area contributed by atoms with Crippen LogP contribution in [0.1, 0.15) is 35.8 Å². The Morgan fingerprint density at radius 2 is 1.86 bits per heavy atom. The standard InChI is InChI=1S/C20H22N2O5S/c1-12(2)19(13-4-6-16-17(11-13)27-9-8-26-16)21-20(23)14-5-7-18(28-3)15(10-14)22(24)25/h4-7,10-12,19H,8-9H2,1-3H3,(H,21,23). The molecule has 1 aliphatic heterocycles. The third kappa shape index (κ3) is 4.22. The Hall–Kier alpha value is -2.74. The van der Waals surface area contributed by atoms with E-state index >= 15 is 0 Å². The van der Waals surface area contributed by atoms with Crippen LogP contribution in [0.5, 0.6) is 11.5 Å². The van der Waals surface area contributed by atoms with Gasteiger partial charge in [0, 0.05) is 11.6 Å². The van der Waals surface area contributed by atoms with E-state index in [1.54, 1.807) is 18.4 Å². The summed E-state index contributed by atoms with van der Waals surface area (Å²) in [6.45, 7) is 5.00. The van der Waals surface area contributed by atoms with Gasteiger partial charge in [-0.05, 0) is 42.0 Å². The van der Waals surface area contributed by atoms with E-state index in [0.717, 1.165) is 5.56 Å². The zero-order valence-corrected chi connectivity index (χ0v) is 16.7. The fourth-order valence-electron chi connectivity index (χ4n) is 3.09. The number of rotatable bonds is 6. The summed E-state index contributed by atoms with van der Waals surface area (Å²) in [7, 11) is 0. The van der Waals surface area contributed by atoms with Gasteiger partial charge in [0.05, 0.1) is 15.9 Å². The summed E-state index contributed by atoms with van der Waals surface area (Å²) < 4.78 is 11.2. The number of nitro groups is 1. The second kappa shape index (κ2) is 8.52. The van der Waals surface area contributed by atoms with Crippen LogP contribution in [-0.2, 0) is 0 Å². The first kappa shape index (κ1) is 20.0. The molecule has 1 N–H and O–H groups in total. The van der Waals surface area contributed by atoms with Crippen molar-refractivity contribution in [1.29, 1.82) is 0 Å². The van der Waals surface area contributed by atoms with Crippen molar-refractivity contribution in [2.45, 2.75) is 24.8 Å². The summed E-state index contributed by atoms with van der Waals surface area (Å²) in [5.41, 5.74) is 1.08. The Morgan fingerprint density at radius 3 is 2.50 bits per heavy atom. The maximum absolute atomic E-state index is 12.8. The Bertz CT molecular complexity index is 900. The van der Waals surface area contributed by atoms with Crippen molar-refractivity contribution in [2.75, 3.05) is 19.5 Å². The van der Waals surface area contributed by atoms with Gasteiger partial charge in [0.2, 0.25) is 0 Å². The molecule has 3 rings (SSSR count). The molecule has 1 atom stereocenters. The van der Waals surface area contributed by atoms with E-state index in [9.17, 15) is 14.9 Å². The molecule has 2 aromatic carbocycles. The van der Waals surface area contributed by atoms with Crippen LogP contribution in [0.3, 0.4) is 0 Å². The highest BCUT2D eigenvalue weighted by molar-refractivity contribution is 7.98. The lowest BCUT2D eigenvalue weighted by Gasteiger charge is -2.25. The predicted octanol–water partition coefficient (Wildman–Crippen LogP) is 4.22. The van der Waals surface area contributed by atoms with E-state index in [1.165, 1.54) is 17.8 Å². The number of nitrogens with zero attached hydrogens (tertiary/aromatic N) is 1. The maximum atomic E-state index is 12.8. The molecular weight excluding hydrogens is 380 g/mol. The highest BCUT2D eigenvalue weighted by Gasteiger charge is 2.23. The normalized spacial score (nSPS) is 13.9. The molecule has 0 saturated heterocycles. The van der Waals surface area contributed by atoms with Gasteiger partial charge in [0.25, 0.3) is 11.6 Å². The first-order valence-corrected chi connectivity index (χ1v) is 10.2. The first-order valence-electron chi connectivity index (χ1n) is 8.93. The Balaban J connectivity index is 1.86. The van der Waals surface area contributed by atoms with Crippen molar-refractivity contribution < 1.29 is 19.2 Å². The molecule has 2 aromatic rings. The van der Waals surface area contributed by atoms with E-state index in [2.05, 4.69) is 5.32 Å². The molecule has 0 radical (unpaired) electrons. The third-order valence-electron chi connectivity index (χ3n) is 4.52. The van der Waals surface area contributed by atoms with Gasteiger partial charge in [-0.3, -0.25) is 14.9 Å².